The molecular formula is C12H9F2N3S2. The molecule has 0 saturated carbocycles. The normalized spacial score (nSPS) is 11.5. The Balaban J connectivity index is 1.76. The van der Waals surface area contributed by atoms with E-state index in [1.165, 1.54) is 24.2 Å². The predicted octanol–water partition coefficient (Wildman–Crippen LogP) is 4.18. The van der Waals surface area contributed by atoms with Crippen molar-refractivity contribution in [1.29, 1.82) is 0 Å². The van der Waals surface area contributed by atoms with E-state index in [4.69, 9.17) is 0 Å². The molecule has 3 rings (SSSR count). The van der Waals surface area contributed by atoms with Gasteiger partial charge in [0.1, 0.15) is 5.82 Å². The van der Waals surface area contributed by atoms with E-state index in [0.29, 0.717) is 11.6 Å². The molecule has 2 heterocycles. The number of nitrogens with zero attached hydrogens (tertiary/aromatic N) is 3. The summed E-state index contributed by atoms with van der Waals surface area (Å²) in [7, 11) is 0. The highest BCUT2D eigenvalue weighted by molar-refractivity contribution is 8.00. The fourth-order valence-corrected chi connectivity index (χ4v) is 3.69. The zero-order valence-electron chi connectivity index (χ0n) is 9.66. The molecule has 98 valence electrons. The number of thioether (sulfide) groups is 1. The lowest BCUT2D eigenvalue weighted by Gasteiger charge is -2.04. The van der Waals surface area contributed by atoms with Gasteiger partial charge in [0.05, 0.1) is 16.0 Å². The highest BCUT2D eigenvalue weighted by Gasteiger charge is 2.12. The van der Waals surface area contributed by atoms with Gasteiger partial charge in [-0.1, -0.05) is 23.9 Å². The molecule has 3 aromatic rings. The topological polar surface area (TPSA) is 30.7 Å². The lowest BCUT2D eigenvalue weighted by Crippen LogP contribution is -2.01. The monoisotopic (exact) mass is 297 g/mol. The van der Waals surface area contributed by atoms with Crippen molar-refractivity contribution in [2.24, 2.45) is 0 Å². The van der Waals surface area contributed by atoms with E-state index in [1.807, 2.05) is 24.3 Å². The van der Waals surface area contributed by atoms with Crippen LogP contribution in [0.25, 0.3) is 10.2 Å². The Morgan fingerprint density at radius 1 is 1.32 bits per heavy atom. The first-order valence-corrected chi connectivity index (χ1v) is 7.32. The highest BCUT2D eigenvalue weighted by atomic mass is 32.2. The van der Waals surface area contributed by atoms with E-state index < -0.39 is 6.55 Å². The summed E-state index contributed by atoms with van der Waals surface area (Å²) >= 11 is 2.99. The molecule has 0 spiro atoms. The molecule has 0 atom stereocenters. The molecule has 0 unspecified atom stereocenters. The number of hydrogen-bond acceptors (Lipinski definition) is 4. The predicted molar refractivity (Wildman–Crippen MR) is 72.7 cm³/mol. The largest absolute Gasteiger partial charge is 0.319 e. The van der Waals surface area contributed by atoms with Crippen molar-refractivity contribution in [2.75, 3.05) is 0 Å². The van der Waals surface area contributed by atoms with Crippen molar-refractivity contribution in [3.63, 3.8) is 0 Å². The number of aromatic nitrogens is 3. The molecule has 0 aliphatic heterocycles. The number of rotatable bonds is 4. The smallest absolute Gasteiger partial charge is 0.277 e. The molecule has 1 aromatic carbocycles. The first-order valence-electron chi connectivity index (χ1n) is 5.52. The van der Waals surface area contributed by atoms with E-state index in [-0.39, 0.29) is 0 Å². The SMILES string of the molecule is FC(F)n1ccnc1CSc1nc2ccccc2s1. The van der Waals surface area contributed by atoms with E-state index in [1.54, 1.807) is 11.3 Å². The lowest BCUT2D eigenvalue weighted by molar-refractivity contribution is 0.0678. The Bertz CT molecular complexity index is 660. The van der Waals surface area contributed by atoms with Crippen LogP contribution in [0, 0.1) is 0 Å². The van der Waals surface area contributed by atoms with Gasteiger partial charge in [-0.2, -0.15) is 8.78 Å². The van der Waals surface area contributed by atoms with Gasteiger partial charge in [0.25, 0.3) is 0 Å². The van der Waals surface area contributed by atoms with Crippen molar-refractivity contribution in [3.05, 3.63) is 42.5 Å². The summed E-state index contributed by atoms with van der Waals surface area (Å²) in [6, 6.07) is 7.83. The van der Waals surface area contributed by atoms with Crippen LogP contribution in [0.4, 0.5) is 8.78 Å². The summed E-state index contributed by atoms with van der Waals surface area (Å²) in [5.41, 5.74) is 0.937. The summed E-state index contributed by atoms with van der Waals surface area (Å²) in [4.78, 5) is 8.39. The second-order valence-corrected chi connectivity index (χ2v) is 6.02. The highest BCUT2D eigenvalue weighted by Crippen LogP contribution is 2.31. The molecule has 7 heteroatoms. The van der Waals surface area contributed by atoms with Crippen LogP contribution < -0.4 is 0 Å². The van der Waals surface area contributed by atoms with Crippen LogP contribution in [0.3, 0.4) is 0 Å². The summed E-state index contributed by atoms with van der Waals surface area (Å²) in [5, 5.41) is 0. The minimum absolute atomic E-state index is 0.360. The van der Waals surface area contributed by atoms with Crippen molar-refractivity contribution < 1.29 is 8.78 Å². The molecule has 0 fully saturated rings. The van der Waals surface area contributed by atoms with Gasteiger partial charge in [0.2, 0.25) is 0 Å². The first-order chi connectivity index (χ1) is 9.24. The van der Waals surface area contributed by atoms with E-state index >= 15 is 0 Å². The van der Waals surface area contributed by atoms with Crippen LogP contribution in [0.2, 0.25) is 0 Å². The molecular weight excluding hydrogens is 288 g/mol. The molecule has 0 bridgehead atoms. The number of imidazole rings is 1. The quantitative estimate of drug-likeness (QED) is 0.677. The van der Waals surface area contributed by atoms with Crippen molar-refractivity contribution >= 4 is 33.3 Å². The van der Waals surface area contributed by atoms with Gasteiger partial charge in [0.15, 0.2) is 4.34 Å². The van der Waals surface area contributed by atoms with Gasteiger partial charge in [-0.3, -0.25) is 4.57 Å². The van der Waals surface area contributed by atoms with Crippen LogP contribution in [0.5, 0.6) is 0 Å². The van der Waals surface area contributed by atoms with Crippen molar-refractivity contribution in [3.8, 4) is 0 Å². The second kappa shape index (κ2) is 5.26. The third-order valence-electron chi connectivity index (χ3n) is 2.56. The van der Waals surface area contributed by atoms with Crippen LogP contribution in [-0.4, -0.2) is 14.5 Å². The van der Waals surface area contributed by atoms with Crippen molar-refractivity contribution in [2.45, 2.75) is 16.6 Å². The number of benzene rings is 1. The van der Waals surface area contributed by atoms with Gasteiger partial charge >= 0.3 is 6.55 Å². The minimum Gasteiger partial charge on any atom is -0.277 e. The maximum Gasteiger partial charge on any atom is 0.319 e. The fraction of sp³-hybridized carbons (Fsp3) is 0.167. The molecule has 3 nitrogen and oxygen atoms in total. The van der Waals surface area contributed by atoms with E-state index in [2.05, 4.69) is 9.97 Å². The van der Waals surface area contributed by atoms with Gasteiger partial charge in [-0.25, -0.2) is 9.97 Å². The number of thiazole rings is 1. The van der Waals surface area contributed by atoms with Crippen LogP contribution >= 0.6 is 23.1 Å². The molecule has 0 radical (unpaired) electrons. The summed E-state index contributed by atoms with van der Waals surface area (Å²) in [6.45, 7) is -2.55. The molecule has 0 N–H and O–H groups in total. The van der Waals surface area contributed by atoms with Gasteiger partial charge in [-0.05, 0) is 12.1 Å². The van der Waals surface area contributed by atoms with Crippen LogP contribution in [-0.2, 0) is 5.75 Å². The summed E-state index contributed by atoms with van der Waals surface area (Å²) in [5.74, 6) is 0.746. The van der Waals surface area contributed by atoms with Gasteiger partial charge in [0, 0.05) is 12.4 Å². The lowest BCUT2D eigenvalue weighted by atomic mass is 10.3. The third kappa shape index (κ3) is 2.62. The Labute approximate surface area is 116 Å². The van der Waals surface area contributed by atoms with E-state index in [0.717, 1.165) is 19.1 Å². The zero-order valence-corrected chi connectivity index (χ0v) is 11.3. The standard InChI is InChI=1S/C12H9F2N3S2/c13-11(14)17-6-5-15-10(17)7-18-12-16-8-3-1-2-4-9(8)19-12/h1-6,11H,7H2. The van der Waals surface area contributed by atoms with Crippen LogP contribution in [0.15, 0.2) is 41.0 Å². The Morgan fingerprint density at radius 2 is 2.16 bits per heavy atom. The summed E-state index contributed by atoms with van der Waals surface area (Å²) < 4.78 is 28.1. The second-order valence-electron chi connectivity index (χ2n) is 3.76. The number of fused-ring (bicyclic) bond motifs is 1. The molecule has 19 heavy (non-hydrogen) atoms. The molecule has 0 saturated heterocycles. The Kier molecular flexibility index (Phi) is 3.48. The maximum absolute atomic E-state index is 12.7. The summed E-state index contributed by atoms with van der Waals surface area (Å²) in [6.07, 6.45) is 2.68. The van der Waals surface area contributed by atoms with Crippen molar-refractivity contribution in [1.82, 2.24) is 14.5 Å². The fourth-order valence-electron chi connectivity index (χ4n) is 1.67. The van der Waals surface area contributed by atoms with E-state index in [9.17, 15) is 8.78 Å². The third-order valence-corrected chi connectivity index (χ3v) is 4.73. The Morgan fingerprint density at radius 3 is 2.95 bits per heavy atom. The minimum atomic E-state index is -2.55. The molecule has 0 aliphatic rings. The molecule has 0 amide bonds. The average molecular weight is 297 g/mol. The number of halogens is 2. The number of alkyl halides is 2. The molecule has 0 aliphatic carbocycles. The number of hydrogen-bond donors (Lipinski definition) is 0. The zero-order chi connectivity index (χ0) is 13.2. The van der Waals surface area contributed by atoms with Gasteiger partial charge in [-0.15, -0.1) is 11.3 Å². The molecule has 2 aromatic heterocycles. The maximum atomic E-state index is 12.7. The van der Waals surface area contributed by atoms with Crippen LogP contribution in [0.1, 0.15) is 12.4 Å². The Hall–Kier alpha value is -1.47. The van der Waals surface area contributed by atoms with Gasteiger partial charge < -0.3 is 0 Å². The first kappa shape index (κ1) is 12.6. The average Bonchev–Trinajstić information content (AvgIpc) is 3.02. The number of para-hydroxylation sites is 1.